The standard InChI is InChI=1S/C13H20N2O/c1-2-15-6-5-10-7-11(13(14)9-16)3-4-12(10)8-15/h3-4,7,13,16H,2,5-6,8-9,14H2,1H3. The molecule has 1 aromatic carbocycles. The van der Waals surface area contributed by atoms with Crippen LogP contribution < -0.4 is 5.73 Å². The van der Waals surface area contributed by atoms with E-state index in [-0.39, 0.29) is 12.6 Å². The minimum absolute atomic E-state index is 0.0138. The lowest BCUT2D eigenvalue weighted by Gasteiger charge is -2.28. The Morgan fingerprint density at radius 3 is 2.94 bits per heavy atom. The van der Waals surface area contributed by atoms with Crippen molar-refractivity contribution >= 4 is 0 Å². The first-order valence-corrected chi connectivity index (χ1v) is 5.95. The second kappa shape index (κ2) is 4.95. The van der Waals surface area contributed by atoms with Crippen LogP contribution in [0.5, 0.6) is 0 Å². The minimum atomic E-state index is -0.241. The van der Waals surface area contributed by atoms with Crippen LogP contribution in [0.1, 0.15) is 29.7 Å². The second-order valence-corrected chi connectivity index (χ2v) is 4.44. The van der Waals surface area contributed by atoms with Gasteiger partial charge < -0.3 is 10.8 Å². The number of likely N-dealkylation sites (N-methyl/N-ethyl adjacent to an activating group) is 1. The third-order valence-electron chi connectivity index (χ3n) is 3.39. The fraction of sp³-hybridized carbons (Fsp3) is 0.538. The van der Waals surface area contributed by atoms with Crippen LogP contribution >= 0.6 is 0 Å². The van der Waals surface area contributed by atoms with Gasteiger partial charge in [-0.05, 0) is 29.7 Å². The highest BCUT2D eigenvalue weighted by Crippen LogP contribution is 2.22. The van der Waals surface area contributed by atoms with E-state index in [2.05, 4.69) is 24.0 Å². The number of hydrogen-bond donors (Lipinski definition) is 2. The number of aliphatic hydroxyl groups excluding tert-OH is 1. The highest BCUT2D eigenvalue weighted by atomic mass is 16.3. The second-order valence-electron chi connectivity index (χ2n) is 4.44. The van der Waals surface area contributed by atoms with E-state index in [9.17, 15) is 0 Å². The summed E-state index contributed by atoms with van der Waals surface area (Å²) in [5.74, 6) is 0. The fourth-order valence-corrected chi connectivity index (χ4v) is 2.24. The average molecular weight is 220 g/mol. The minimum Gasteiger partial charge on any atom is -0.394 e. The monoisotopic (exact) mass is 220 g/mol. The van der Waals surface area contributed by atoms with Gasteiger partial charge in [-0.25, -0.2) is 0 Å². The topological polar surface area (TPSA) is 49.5 Å². The first kappa shape index (κ1) is 11.6. The number of aliphatic hydroxyl groups is 1. The van der Waals surface area contributed by atoms with Crippen molar-refractivity contribution < 1.29 is 5.11 Å². The van der Waals surface area contributed by atoms with Gasteiger partial charge in [-0.3, -0.25) is 4.90 Å². The fourth-order valence-electron chi connectivity index (χ4n) is 2.24. The smallest absolute Gasteiger partial charge is 0.0624 e. The molecule has 1 aliphatic rings. The van der Waals surface area contributed by atoms with E-state index in [0.717, 1.165) is 31.6 Å². The van der Waals surface area contributed by atoms with Crippen molar-refractivity contribution in [3.8, 4) is 0 Å². The van der Waals surface area contributed by atoms with Crippen molar-refractivity contribution in [2.45, 2.75) is 25.9 Å². The molecule has 0 aromatic heterocycles. The number of rotatable bonds is 3. The highest BCUT2D eigenvalue weighted by Gasteiger charge is 2.16. The number of nitrogens with two attached hydrogens (primary N) is 1. The van der Waals surface area contributed by atoms with E-state index < -0.39 is 0 Å². The molecule has 0 amide bonds. The molecule has 1 heterocycles. The van der Waals surface area contributed by atoms with Crippen LogP contribution in [0.15, 0.2) is 18.2 Å². The molecule has 0 spiro atoms. The Kier molecular flexibility index (Phi) is 3.59. The van der Waals surface area contributed by atoms with E-state index in [4.69, 9.17) is 10.8 Å². The van der Waals surface area contributed by atoms with E-state index in [0.29, 0.717) is 0 Å². The zero-order valence-electron chi connectivity index (χ0n) is 9.82. The van der Waals surface area contributed by atoms with Gasteiger partial charge >= 0.3 is 0 Å². The van der Waals surface area contributed by atoms with E-state index in [1.807, 2.05) is 6.07 Å². The Hall–Kier alpha value is -0.900. The summed E-state index contributed by atoms with van der Waals surface area (Å²) in [5.41, 5.74) is 9.67. The van der Waals surface area contributed by atoms with Crippen molar-refractivity contribution in [1.29, 1.82) is 0 Å². The molecule has 1 aliphatic heterocycles. The molecule has 0 aliphatic carbocycles. The number of hydrogen-bond acceptors (Lipinski definition) is 3. The van der Waals surface area contributed by atoms with Gasteiger partial charge in [-0.2, -0.15) is 0 Å². The maximum Gasteiger partial charge on any atom is 0.0624 e. The summed E-state index contributed by atoms with van der Waals surface area (Å²) >= 11 is 0. The zero-order valence-corrected chi connectivity index (χ0v) is 9.82. The third kappa shape index (κ3) is 2.26. The molecule has 3 heteroatoms. The molecule has 1 unspecified atom stereocenters. The molecule has 3 nitrogen and oxygen atoms in total. The van der Waals surface area contributed by atoms with Gasteiger partial charge in [0.05, 0.1) is 12.6 Å². The molecule has 0 bridgehead atoms. The van der Waals surface area contributed by atoms with Crippen LogP contribution in [-0.4, -0.2) is 29.7 Å². The molecule has 0 saturated carbocycles. The molecule has 88 valence electrons. The van der Waals surface area contributed by atoms with E-state index in [1.54, 1.807) is 0 Å². The van der Waals surface area contributed by atoms with Crippen LogP contribution in [0, 0.1) is 0 Å². The quantitative estimate of drug-likeness (QED) is 0.800. The number of fused-ring (bicyclic) bond motifs is 1. The number of nitrogens with zero attached hydrogens (tertiary/aromatic N) is 1. The van der Waals surface area contributed by atoms with Crippen molar-refractivity contribution in [3.05, 3.63) is 34.9 Å². The zero-order chi connectivity index (χ0) is 11.5. The highest BCUT2D eigenvalue weighted by molar-refractivity contribution is 5.35. The van der Waals surface area contributed by atoms with Gasteiger partial charge in [0, 0.05) is 13.1 Å². The molecular formula is C13H20N2O. The normalized spacial score (nSPS) is 18.2. The largest absolute Gasteiger partial charge is 0.394 e. The van der Waals surface area contributed by atoms with Crippen molar-refractivity contribution in [3.63, 3.8) is 0 Å². The van der Waals surface area contributed by atoms with E-state index >= 15 is 0 Å². The molecule has 0 saturated heterocycles. The number of benzene rings is 1. The summed E-state index contributed by atoms with van der Waals surface area (Å²) in [6, 6.07) is 6.11. The maximum absolute atomic E-state index is 9.04. The van der Waals surface area contributed by atoms with Crippen LogP contribution in [0.4, 0.5) is 0 Å². The van der Waals surface area contributed by atoms with Gasteiger partial charge in [-0.15, -0.1) is 0 Å². The van der Waals surface area contributed by atoms with Crippen LogP contribution in [-0.2, 0) is 13.0 Å². The van der Waals surface area contributed by atoms with Gasteiger partial charge in [0.1, 0.15) is 0 Å². The Morgan fingerprint density at radius 1 is 1.44 bits per heavy atom. The Labute approximate surface area is 96.9 Å². The lowest BCUT2D eigenvalue weighted by molar-refractivity contribution is 0.264. The van der Waals surface area contributed by atoms with Gasteiger partial charge in [0.25, 0.3) is 0 Å². The summed E-state index contributed by atoms with van der Waals surface area (Å²) in [5, 5.41) is 9.04. The van der Waals surface area contributed by atoms with Gasteiger partial charge in [-0.1, -0.05) is 25.1 Å². The molecule has 0 radical (unpaired) electrons. The van der Waals surface area contributed by atoms with Gasteiger partial charge in [0.15, 0.2) is 0 Å². The molecule has 16 heavy (non-hydrogen) atoms. The predicted octanol–water partition coefficient (Wildman–Crippen LogP) is 1.06. The molecular weight excluding hydrogens is 200 g/mol. The Morgan fingerprint density at radius 2 is 2.25 bits per heavy atom. The van der Waals surface area contributed by atoms with E-state index in [1.165, 1.54) is 11.1 Å². The first-order chi connectivity index (χ1) is 7.74. The van der Waals surface area contributed by atoms with Crippen molar-refractivity contribution in [2.75, 3.05) is 19.7 Å². The van der Waals surface area contributed by atoms with Crippen molar-refractivity contribution in [1.82, 2.24) is 4.90 Å². The van der Waals surface area contributed by atoms with Crippen LogP contribution in [0.3, 0.4) is 0 Å². The van der Waals surface area contributed by atoms with Gasteiger partial charge in [0.2, 0.25) is 0 Å². The summed E-state index contributed by atoms with van der Waals surface area (Å²) in [6.45, 7) is 5.49. The summed E-state index contributed by atoms with van der Waals surface area (Å²) in [4.78, 5) is 2.44. The summed E-state index contributed by atoms with van der Waals surface area (Å²) < 4.78 is 0. The molecule has 2 rings (SSSR count). The molecule has 1 aromatic rings. The Balaban J connectivity index is 2.21. The van der Waals surface area contributed by atoms with Crippen molar-refractivity contribution in [2.24, 2.45) is 5.73 Å². The third-order valence-corrected chi connectivity index (χ3v) is 3.39. The van der Waals surface area contributed by atoms with Crippen LogP contribution in [0.2, 0.25) is 0 Å². The SMILES string of the molecule is CCN1CCc2cc(C(N)CO)ccc2C1. The average Bonchev–Trinajstić information content (AvgIpc) is 2.36. The molecule has 3 N–H and O–H groups in total. The molecule has 0 fully saturated rings. The maximum atomic E-state index is 9.04. The summed E-state index contributed by atoms with van der Waals surface area (Å²) in [7, 11) is 0. The first-order valence-electron chi connectivity index (χ1n) is 5.95. The lowest BCUT2D eigenvalue weighted by Crippen LogP contribution is -2.30. The summed E-state index contributed by atoms with van der Waals surface area (Å²) in [6.07, 6.45) is 1.09. The lowest BCUT2D eigenvalue weighted by atomic mass is 9.95. The van der Waals surface area contributed by atoms with Crippen LogP contribution in [0.25, 0.3) is 0 Å². The predicted molar refractivity (Wildman–Crippen MR) is 65.1 cm³/mol. The Bertz CT molecular complexity index is 365. The molecule has 1 atom stereocenters.